The van der Waals surface area contributed by atoms with Gasteiger partial charge in [0, 0.05) is 61.6 Å². The lowest BCUT2D eigenvalue weighted by molar-refractivity contribution is 0.0997. The van der Waals surface area contributed by atoms with Crippen molar-refractivity contribution in [2.24, 2.45) is 7.05 Å². The highest BCUT2D eigenvalue weighted by atomic mass is 16.5. The van der Waals surface area contributed by atoms with Gasteiger partial charge in [-0.05, 0) is 66.1 Å². The van der Waals surface area contributed by atoms with Gasteiger partial charge in [0.1, 0.15) is 11.4 Å². The van der Waals surface area contributed by atoms with Crippen LogP contribution in [0, 0.1) is 0 Å². The van der Waals surface area contributed by atoms with Crippen molar-refractivity contribution in [3.05, 3.63) is 148 Å². The van der Waals surface area contributed by atoms with Crippen molar-refractivity contribution in [1.82, 2.24) is 19.7 Å². The first kappa shape index (κ1) is 36.4. The monoisotopic (exact) mass is 737 g/mol. The highest BCUT2D eigenvalue weighted by molar-refractivity contribution is 6.12. The van der Waals surface area contributed by atoms with Crippen LogP contribution in [0.2, 0.25) is 0 Å². The number of methoxy groups -OCH3 is 2. The number of pyridine rings is 1. The summed E-state index contributed by atoms with van der Waals surface area (Å²) in [6, 6.07) is 28.6. The molecule has 0 aliphatic rings. The molecule has 0 aliphatic carbocycles. The van der Waals surface area contributed by atoms with Crippen LogP contribution in [0.25, 0.3) is 21.9 Å². The van der Waals surface area contributed by atoms with Crippen molar-refractivity contribution in [3.8, 4) is 11.5 Å². The minimum Gasteiger partial charge on any atom is -0.493 e. The molecule has 13 nitrogen and oxygen atoms in total. The molecule has 0 fully saturated rings. The number of rotatable bonds is 13. The molecule has 3 aromatic heterocycles. The van der Waals surface area contributed by atoms with Gasteiger partial charge < -0.3 is 30.3 Å². The van der Waals surface area contributed by atoms with Crippen molar-refractivity contribution >= 4 is 50.9 Å². The number of nitrogens with two attached hydrogens (primary N) is 1. The predicted octanol–water partition coefficient (Wildman–Crippen LogP) is 6.42. The lowest BCUT2D eigenvalue weighted by atomic mass is 10.1. The smallest absolute Gasteiger partial charge is 0.291 e. The van der Waals surface area contributed by atoms with Crippen LogP contribution in [0.1, 0.15) is 37.6 Å². The number of anilines is 3. The molecule has 0 saturated carbocycles. The van der Waals surface area contributed by atoms with Gasteiger partial charge in [0.25, 0.3) is 11.8 Å². The third-order valence-corrected chi connectivity index (χ3v) is 9.34. The van der Waals surface area contributed by atoms with Gasteiger partial charge in [-0.1, -0.05) is 36.4 Å². The van der Waals surface area contributed by atoms with E-state index in [1.807, 2.05) is 54.3 Å². The maximum Gasteiger partial charge on any atom is 0.291 e. The quantitative estimate of drug-likeness (QED) is 0.120. The van der Waals surface area contributed by atoms with E-state index in [1.54, 1.807) is 30.5 Å². The Labute approximate surface area is 316 Å². The Kier molecular flexibility index (Phi) is 10.5. The summed E-state index contributed by atoms with van der Waals surface area (Å²) < 4.78 is 18.5. The number of nitrogen functional groups attached to an aromatic ring is 1. The molecular weight excluding hydrogens is 699 g/mol. The third kappa shape index (κ3) is 8.16. The number of nitrogens with one attached hydrogen (secondary N) is 2. The molecule has 0 atom stereocenters. The standard InChI is InChI=1S/C42H39N7O6/c1-48-34-15-12-27(19-29(34)23-45-48)24-49(25-28-7-6-17-44-40(28)43)18-16-26-10-13-30(14-11-26)46-41(51)32-20-37(53-2)38(54-3)21-33(32)47-42(52)39-22-35(50)31-8-4-5-9-36(31)55-39/h4-15,17,19-23H,16,18,24-25H2,1-3H3,(H2,43,44)(H,46,51)(H,47,52). The fourth-order valence-electron chi connectivity index (χ4n) is 6.42. The molecule has 7 rings (SSSR count). The summed E-state index contributed by atoms with van der Waals surface area (Å²) in [6.45, 7) is 2.05. The average Bonchev–Trinajstić information content (AvgIpc) is 3.57. The van der Waals surface area contributed by atoms with Gasteiger partial charge in [-0.3, -0.25) is 24.0 Å². The Morgan fingerprint density at radius 1 is 0.855 bits per heavy atom. The first-order valence-electron chi connectivity index (χ1n) is 17.5. The van der Waals surface area contributed by atoms with Crippen LogP contribution in [0.15, 0.2) is 119 Å². The number of para-hydroxylation sites is 1. The Morgan fingerprint density at radius 2 is 1.62 bits per heavy atom. The Morgan fingerprint density at radius 3 is 2.40 bits per heavy atom. The summed E-state index contributed by atoms with van der Waals surface area (Å²) in [5.41, 5.74) is 11.2. The second-order valence-electron chi connectivity index (χ2n) is 13.0. The predicted molar refractivity (Wildman–Crippen MR) is 212 cm³/mol. The topological polar surface area (TPSA) is 167 Å². The molecule has 4 N–H and O–H groups in total. The van der Waals surface area contributed by atoms with Crippen molar-refractivity contribution < 1.29 is 23.5 Å². The van der Waals surface area contributed by atoms with E-state index in [4.69, 9.17) is 19.6 Å². The van der Waals surface area contributed by atoms with E-state index in [-0.39, 0.29) is 39.5 Å². The van der Waals surface area contributed by atoms with Crippen LogP contribution in [-0.2, 0) is 26.6 Å². The van der Waals surface area contributed by atoms with E-state index in [9.17, 15) is 14.4 Å². The van der Waals surface area contributed by atoms with Gasteiger partial charge in [-0.15, -0.1) is 0 Å². The summed E-state index contributed by atoms with van der Waals surface area (Å²) in [5.74, 6) is -0.348. The lowest BCUT2D eigenvalue weighted by Gasteiger charge is -2.23. The number of ether oxygens (including phenoxy) is 2. The Hall–Kier alpha value is -6.99. The molecule has 0 bridgehead atoms. The Balaban J connectivity index is 1.06. The minimum atomic E-state index is -0.716. The molecule has 4 aromatic carbocycles. The number of aryl methyl sites for hydroxylation is 1. The number of carbonyl (C=O) groups excluding carboxylic acids is 2. The highest BCUT2D eigenvalue weighted by Crippen LogP contribution is 2.34. The number of aromatic nitrogens is 3. The zero-order chi connectivity index (χ0) is 38.5. The maximum absolute atomic E-state index is 13.7. The molecule has 0 aliphatic heterocycles. The van der Waals surface area contributed by atoms with Crippen molar-refractivity contribution in [2.45, 2.75) is 19.5 Å². The molecule has 0 spiro atoms. The molecular formula is C42H39N7O6. The van der Waals surface area contributed by atoms with Gasteiger partial charge in [-0.2, -0.15) is 5.10 Å². The number of amides is 2. The van der Waals surface area contributed by atoms with Crippen LogP contribution < -0.4 is 31.3 Å². The molecule has 0 saturated heterocycles. The average molecular weight is 738 g/mol. The summed E-state index contributed by atoms with van der Waals surface area (Å²) in [7, 11) is 4.83. The molecule has 0 radical (unpaired) electrons. The van der Waals surface area contributed by atoms with Gasteiger partial charge in [0.15, 0.2) is 22.7 Å². The van der Waals surface area contributed by atoms with E-state index < -0.39 is 11.8 Å². The number of carbonyl (C=O) groups is 2. The Bertz CT molecular complexity index is 2580. The van der Waals surface area contributed by atoms with Crippen molar-refractivity contribution in [1.29, 1.82) is 0 Å². The van der Waals surface area contributed by atoms with E-state index >= 15 is 0 Å². The normalized spacial score (nSPS) is 11.2. The molecule has 278 valence electrons. The number of nitrogens with zero attached hydrogens (tertiary/aromatic N) is 4. The molecule has 7 aromatic rings. The molecule has 3 heterocycles. The van der Waals surface area contributed by atoms with Crippen LogP contribution in [0.5, 0.6) is 11.5 Å². The molecule has 55 heavy (non-hydrogen) atoms. The van der Waals surface area contributed by atoms with E-state index in [1.165, 1.54) is 26.4 Å². The second kappa shape index (κ2) is 15.9. The SMILES string of the molecule is COc1cc(NC(=O)c2cc(=O)c3ccccc3o2)c(C(=O)Nc2ccc(CCN(Cc3ccc4c(cnn4C)c3)Cc3cccnc3N)cc2)cc1OC. The minimum absolute atomic E-state index is 0.105. The zero-order valence-electron chi connectivity index (χ0n) is 30.5. The van der Waals surface area contributed by atoms with E-state index in [0.717, 1.165) is 46.6 Å². The number of fused-ring (bicyclic) bond motifs is 2. The number of hydrogen-bond donors (Lipinski definition) is 3. The van der Waals surface area contributed by atoms with Crippen molar-refractivity contribution in [2.75, 3.05) is 37.1 Å². The van der Waals surface area contributed by atoms with Gasteiger partial charge in [0.05, 0.1) is 42.6 Å². The van der Waals surface area contributed by atoms with Crippen LogP contribution in [-0.4, -0.2) is 52.2 Å². The zero-order valence-corrected chi connectivity index (χ0v) is 30.5. The van der Waals surface area contributed by atoms with Gasteiger partial charge >= 0.3 is 0 Å². The number of hydrogen-bond acceptors (Lipinski definition) is 10. The highest BCUT2D eigenvalue weighted by Gasteiger charge is 2.21. The second-order valence-corrected chi connectivity index (χ2v) is 13.0. The lowest BCUT2D eigenvalue weighted by Crippen LogP contribution is -2.26. The van der Waals surface area contributed by atoms with Gasteiger partial charge in [-0.25, -0.2) is 4.98 Å². The summed E-state index contributed by atoms with van der Waals surface area (Å²) >= 11 is 0. The largest absolute Gasteiger partial charge is 0.493 e. The van der Waals surface area contributed by atoms with E-state index in [2.05, 4.69) is 43.8 Å². The summed E-state index contributed by atoms with van der Waals surface area (Å²) in [4.78, 5) is 46.4. The fraction of sp³-hybridized carbons (Fsp3) is 0.167. The maximum atomic E-state index is 13.7. The number of benzene rings is 4. The molecule has 0 unspecified atom stereocenters. The molecule has 13 heteroatoms. The fourth-order valence-corrected chi connectivity index (χ4v) is 6.42. The van der Waals surface area contributed by atoms with Gasteiger partial charge in [0.2, 0.25) is 0 Å². The van der Waals surface area contributed by atoms with Crippen LogP contribution >= 0.6 is 0 Å². The van der Waals surface area contributed by atoms with Crippen molar-refractivity contribution in [3.63, 3.8) is 0 Å². The summed E-state index contributed by atoms with van der Waals surface area (Å²) in [6.07, 6.45) is 4.30. The third-order valence-electron chi connectivity index (χ3n) is 9.34. The van der Waals surface area contributed by atoms with E-state index in [0.29, 0.717) is 30.0 Å². The van der Waals surface area contributed by atoms with Crippen LogP contribution in [0.3, 0.4) is 0 Å². The summed E-state index contributed by atoms with van der Waals surface area (Å²) in [5, 5.41) is 11.4. The first-order valence-corrected chi connectivity index (χ1v) is 17.5. The van der Waals surface area contributed by atoms with Crippen LogP contribution in [0.4, 0.5) is 17.2 Å². The molecule has 2 amide bonds. The first-order chi connectivity index (χ1) is 26.7.